The van der Waals surface area contributed by atoms with Crippen molar-refractivity contribution in [1.29, 1.82) is 0 Å². The Kier molecular flexibility index (Phi) is 4.15. The van der Waals surface area contributed by atoms with Crippen LogP contribution in [-0.2, 0) is 0 Å². The van der Waals surface area contributed by atoms with Crippen molar-refractivity contribution in [2.45, 2.75) is 0 Å². The lowest BCUT2D eigenvalue weighted by atomic mass is 10.2. The second-order valence-corrected chi connectivity index (χ2v) is 4.18. The lowest BCUT2D eigenvalue weighted by Crippen LogP contribution is -2.12. The Morgan fingerprint density at radius 2 is 1.67 bits per heavy atom. The minimum absolute atomic E-state index is 0.471. The molecule has 2 rings (SSSR count). The summed E-state index contributed by atoms with van der Waals surface area (Å²) in [4.78, 5) is 4.19. The largest absolute Gasteiger partial charge is 0.383 e. The van der Waals surface area contributed by atoms with Gasteiger partial charge in [-0.1, -0.05) is 41.9 Å². The van der Waals surface area contributed by atoms with E-state index in [1.807, 2.05) is 48.5 Å². The molecule has 0 fully saturated rings. The topological polar surface area (TPSA) is 38.4 Å². The number of aliphatic imine (C=N–C) groups is 1. The molecule has 0 heterocycles. The Labute approximate surface area is 111 Å². The molecule has 0 radical (unpaired) electrons. The van der Waals surface area contributed by atoms with Crippen molar-refractivity contribution in [3.63, 3.8) is 0 Å². The van der Waals surface area contributed by atoms with Crippen LogP contribution in [-0.4, -0.2) is 5.84 Å². The van der Waals surface area contributed by atoms with Crippen molar-refractivity contribution < 1.29 is 0 Å². The van der Waals surface area contributed by atoms with Crippen LogP contribution in [0.25, 0.3) is 6.08 Å². The van der Waals surface area contributed by atoms with Gasteiger partial charge < -0.3 is 5.73 Å². The molecule has 2 N–H and O–H groups in total. The van der Waals surface area contributed by atoms with Crippen molar-refractivity contribution in [3.8, 4) is 0 Å². The standard InChI is InChI=1S/C15H13ClN2/c16-14-8-6-13(7-9-14)15(17)18-11-10-12-4-2-1-3-5-12/h1-11H,(H2,17,18). The Morgan fingerprint density at radius 1 is 1.00 bits per heavy atom. The van der Waals surface area contributed by atoms with E-state index < -0.39 is 0 Å². The number of hydrogen-bond donors (Lipinski definition) is 1. The molecule has 0 saturated carbocycles. The Bertz CT molecular complexity index is 557. The van der Waals surface area contributed by atoms with Crippen LogP contribution in [0.15, 0.2) is 65.8 Å². The van der Waals surface area contributed by atoms with Crippen LogP contribution in [0.1, 0.15) is 11.1 Å². The summed E-state index contributed by atoms with van der Waals surface area (Å²) in [5.41, 5.74) is 7.81. The van der Waals surface area contributed by atoms with Crippen LogP contribution in [0.5, 0.6) is 0 Å². The molecule has 0 spiro atoms. The number of benzene rings is 2. The second kappa shape index (κ2) is 6.03. The average molecular weight is 257 g/mol. The molecule has 90 valence electrons. The molecular formula is C15H13ClN2. The molecule has 0 aromatic heterocycles. The van der Waals surface area contributed by atoms with Gasteiger partial charge in [0.2, 0.25) is 0 Å². The first-order chi connectivity index (χ1) is 8.75. The third-order valence-electron chi connectivity index (χ3n) is 2.42. The highest BCUT2D eigenvalue weighted by atomic mass is 35.5. The van der Waals surface area contributed by atoms with Crippen molar-refractivity contribution >= 4 is 23.5 Å². The predicted octanol–water partition coefficient (Wildman–Crippen LogP) is 3.72. The molecule has 0 saturated heterocycles. The van der Waals surface area contributed by atoms with Gasteiger partial charge in [0.25, 0.3) is 0 Å². The molecule has 0 aliphatic rings. The normalized spacial score (nSPS) is 11.9. The first-order valence-corrected chi connectivity index (χ1v) is 5.94. The Hall–Kier alpha value is -2.06. The summed E-state index contributed by atoms with van der Waals surface area (Å²) < 4.78 is 0. The highest BCUT2D eigenvalue weighted by Crippen LogP contribution is 2.09. The monoisotopic (exact) mass is 256 g/mol. The van der Waals surface area contributed by atoms with Gasteiger partial charge in [-0.05, 0) is 35.9 Å². The summed E-state index contributed by atoms with van der Waals surface area (Å²) in [6.07, 6.45) is 3.60. The molecule has 0 bridgehead atoms. The zero-order valence-electron chi connectivity index (χ0n) is 9.75. The number of halogens is 1. The fourth-order valence-corrected chi connectivity index (χ4v) is 1.59. The van der Waals surface area contributed by atoms with Gasteiger partial charge in [-0.15, -0.1) is 0 Å². The van der Waals surface area contributed by atoms with Crippen molar-refractivity contribution in [2.24, 2.45) is 10.7 Å². The number of rotatable bonds is 3. The Morgan fingerprint density at radius 3 is 2.33 bits per heavy atom. The van der Waals surface area contributed by atoms with Crippen LogP contribution in [0.2, 0.25) is 5.02 Å². The molecule has 0 aliphatic carbocycles. The van der Waals surface area contributed by atoms with E-state index in [1.54, 1.807) is 18.3 Å². The lowest BCUT2D eigenvalue weighted by Gasteiger charge is -1.98. The zero-order chi connectivity index (χ0) is 12.8. The molecule has 2 nitrogen and oxygen atoms in total. The summed E-state index contributed by atoms with van der Waals surface area (Å²) in [7, 11) is 0. The smallest absolute Gasteiger partial charge is 0.130 e. The molecule has 0 aliphatic heterocycles. The second-order valence-electron chi connectivity index (χ2n) is 3.75. The van der Waals surface area contributed by atoms with Crippen LogP contribution in [0.4, 0.5) is 0 Å². The third-order valence-corrected chi connectivity index (χ3v) is 2.67. The molecule has 18 heavy (non-hydrogen) atoms. The average Bonchev–Trinajstić information content (AvgIpc) is 2.40. The summed E-state index contributed by atoms with van der Waals surface area (Å²) in [5.74, 6) is 0.471. The highest BCUT2D eigenvalue weighted by molar-refractivity contribution is 6.30. The molecule has 2 aromatic rings. The molecule has 3 heteroatoms. The minimum atomic E-state index is 0.471. The van der Waals surface area contributed by atoms with E-state index in [0.29, 0.717) is 10.9 Å². The van der Waals surface area contributed by atoms with Crippen LogP contribution in [0.3, 0.4) is 0 Å². The molecule has 0 unspecified atom stereocenters. The minimum Gasteiger partial charge on any atom is -0.383 e. The van der Waals surface area contributed by atoms with Gasteiger partial charge >= 0.3 is 0 Å². The molecular weight excluding hydrogens is 244 g/mol. The number of nitrogens with zero attached hydrogens (tertiary/aromatic N) is 1. The molecule has 2 aromatic carbocycles. The van der Waals surface area contributed by atoms with Crippen LogP contribution in [0, 0.1) is 0 Å². The summed E-state index contributed by atoms with van der Waals surface area (Å²) in [6.45, 7) is 0. The van der Waals surface area contributed by atoms with Gasteiger partial charge in [-0.2, -0.15) is 0 Å². The van der Waals surface area contributed by atoms with Crippen molar-refractivity contribution in [2.75, 3.05) is 0 Å². The van der Waals surface area contributed by atoms with Crippen molar-refractivity contribution in [3.05, 3.63) is 76.9 Å². The summed E-state index contributed by atoms with van der Waals surface area (Å²) in [5, 5.41) is 0.686. The van der Waals surface area contributed by atoms with Crippen LogP contribution < -0.4 is 5.73 Å². The third kappa shape index (κ3) is 3.47. The van der Waals surface area contributed by atoms with E-state index in [0.717, 1.165) is 11.1 Å². The van der Waals surface area contributed by atoms with Gasteiger partial charge in [0, 0.05) is 16.8 Å². The quantitative estimate of drug-likeness (QED) is 0.660. The van der Waals surface area contributed by atoms with E-state index in [9.17, 15) is 0 Å². The maximum atomic E-state index is 5.86. The van der Waals surface area contributed by atoms with Crippen molar-refractivity contribution in [1.82, 2.24) is 0 Å². The fourth-order valence-electron chi connectivity index (χ4n) is 1.46. The summed E-state index contributed by atoms with van der Waals surface area (Å²) in [6, 6.07) is 17.2. The van der Waals surface area contributed by atoms with Crippen LogP contribution >= 0.6 is 11.6 Å². The Balaban J connectivity index is 2.10. The van der Waals surface area contributed by atoms with Gasteiger partial charge in [-0.25, -0.2) is 4.99 Å². The highest BCUT2D eigenvalue weighted by Gasteiger charge is 1.96. The van der Waals surface area contributed by atoms with E-state index in [2.05, 4.69) is 4.99 Å². The van der Waals surface area contributed by atoms with Gasteiger partial charge in [-0.3, -0.25) is 0 Å². The van der Waals surface area contributed by atoms with E-state index in [1.165, 1.54) is 0 Å². The summed E-state index contributed by atoms with van der Waals surface area (Å²) >= 11 is 5.81. The maximum absolute atomic E-state index is 5.86. The van der Waals surface area contributed by atoms with Gasteiger partial charge in [0.15, 0.2) is 0 Å². The van der Waals surface area contributed by atoms with E-state index in [-0.39, 0.29) is 0 Å². The first kappa shape index (κ1) is 12.4. The predicted molar refractivity (Wildman–Crippen MR) is 77.7 cm³/mol. The SMILES string of the molecule is NC(=NC=Cc1ccccc1)c1ccc(Cl)cc1. The number of amidine groups is 1. The zero-order valence-corrected chi connectivity index (χ0v) is 10.5. The lowest BCUT2D eigenvalue weighted by molar-refractivity contribution is 1.47. The first-order valence-electron chi connectivity index (χ1n) is 5.56. The molecule has 0 amide bonds. The van der Waals surface area contributed by atoms with E-state index in [4.69, 9.17) is 17.3 Å². The number of nitrogens with two attached hydrogens (primary N) is 1. The molecule has 0 atom stereocenters. The van der Waals surface area contributed by atoms with E-state index >= 15 is 0 Å². The fraction of sp³-hybridized carbons (Fsp3) is 0. The van der Waals surface area contributed by atoms with Gasteiger partial charge in [0.1, 0.15) is 5.84 Å². The maximum Gasteiger partial charge on any atom is 0.130 e. The van der Waals surface area contributed by atoms with Gasteiger partial charge in [0.05, 0.1) is 0 Å². The number of hydrogen-bond acceptors (Lipinski definition) is 1.